The quantitative estimate of drug-likeness (QED) is 0.453. The molecule has 0 radical (unpaired) electrons. The van der Waals surface area contributed by atoms with E-state index in [2.05, 4.69) is 21.9 Å². The highest BCUT2D eigenvalue weighted by molar-refractivity contribution is 7.91. The molecule has 1 aromatic rings. The second-order valence-corrected chi connectivity index (χ2v) is 10.7. The topological polar surface area (TPSA) is 125 Å². The molecule has 3 amide bonds. The molecule has 3 atom stereocenters. The summed E-state index contributed by atoms with van der Waals surface area (Å²) in [6.07, 6.45) is 3.86. The minimum absolute atomic E-state index is 0.0735. The van der Waals surface area contributed by atoms with Gasteiger partial charge in [-0.2, -0.15) is 0 Å². The standard InChI is InChI=1S/C22H27FN4O5S/c1-2-14-12-22(14,21(30)26-33(31,32)17-9-10-17)25-20(29)18-4-3-11-27(18)19(28)13-24-16-7-5-15(23)6-8-16/h2,5-8,14,17-18,24H,1,3-4,9-13H2,(H,25,29)(H,26,30). The second kappa shape index (κ2) is 8.77. The number of nitrogens with one attached hydrogen (secondary N) is 3. The fraction of sp³-hybridized carbons (Fsp3) is 0.500. The fourth-order valence-corrected chi connectivity index (χ4v) is 5.57. The number of carbonyl (C=O) groups is 3. The van der Waals surface area contributed by atoms with Crippen molar-refractivity contribution in [1.82, 2.24) is 14.9 Å². The minimum atomic E-state index is -3.76. The summed E-state index contributed by atoms with van der Waals surface area (Å²) in [6.45, 7) is 3.99. The third-order valence-electron chi connectivity index (χ3n) is 6.41. The van der Waals surface area contributed by atoms with Crippen LogP contribution >= 0.6 is 0 Å². The van der Waals surface area contributed by atoms with E-state index in [1.165, 1.54) is 35.2 Å². The van der Waals surface area contributed by atoms with Gasteiger partial charge >= 0.3 is 0 Å². The zero-order chi connectivity index (χ0) is 23.8. The molecular formula is C22H27FN4O5S. The van der Waals surface area contributed by atoms with Gasteiger partial charge in [0.05, 0.1) is 11.8 Å². The first-order valence-corrected chi connectivity index (χ1v) is 12.5. The molecule has 3 fully saturated rings. The van der Waals surface area contributed by atoms with E-state index in [1.807, 2.05) is 0 Å². The first-order chi connectivity index (χ1) is 15.7. The average Bonchev–Trinajstić information content (AvgIpc) is 3.69. The van der Waals surface area contributed by atoms with Gasteiger partial charge in [-0.25, -0.2) is 12.8 Å². The van der Waals surface area contributed by atoms with Crippen LogP contribution in [0.5, 0.6) is 0 Å². The summed E-state index contributed by atoms with van der Waals surface area (Å²) in [6, 6.07) is 4.81. The molecule has 9 nitrogen and oxygen atoms in total. The van der Waals surface area contributed by atoms with Gasteiger partial charge in [-0.15, -0.1) is 6.58 Å². The molecular weight excluding hydrogens is 451 g/mol. The number of hydrogen-bond acceptors (Lipinski definition) is 6. The van der Waals surface area contributed by atoms with Crippen molar-refractivity contribution in [1.29, 1.82) is 0 Å². The van der Waals surface area contributed by atoms with Crippen LogP contribution in [0.2, 0.25) is 0 Å². The van der Waals surface area contributed by atoms with Crippen molar-refractivity contribution in [2.45, 2.75) is 48.9 Å². The van der Waals surface area contributed by atoms with E-state index >= 15 is 0 Å². The number of halogens is 1. The lowest BCUT2D eigenvalue weighted by molar-refractivity contribution is -0.138. The summed E-state index contributed by atoms with van der Waals surface area (Å²) in [7, 11) is -3.76. The van der Waals surface area contributed by atoms with Crippen LogP contribution in [0.3, 0.4) is 0 Å². The van der Waals surface area contributed by atoms with E-state index in [0.29, 0.717) is 37.9 Å². The predicted octanol–water partition coefficient (Wildman–Crippen LogP) is 0.898. The number of hydrogen-bond donors (Lipinski definition) is 3. The molecule has 1 saturated heterocycles. The molecule has 0 aromatic heterocycles. The first kappa shape index (κ1) is 23.2. The Morgan fingerprint density at radius 3 is 2.48 bits per heavy atom. The van der Waals surface area contributed by atoms with E-state index in [4.69, 9.17) is 0 Å². The molecule has 0 bridgehead atoms. The first-order valence-electron chi connectivity index (χ1n) is 11.0. The molecule has 2 aliphatic carbocycles. The van der Waals surface area contributed by atoms with Crippen LogP contribution in [-0.4, -0.2) is 61.0 Å². The van der Waals surface area contributed by atoms with Crippen LogP contribution in [0.1, 0.15) is 32.1 Å². The van der Waals surface area contributed by atoms with Crippen LogP contribution in [0.4, 0.5) is 10.1 Å². The maximum Gasteiger partial charge on any atom is 0.259 e. The smallest absolute Gasteiger partial charge is 0.259 e. The van der Waals surface area contributed by atoms with E-state index in [-0.39, 0.29) is 30.6 Å². The van der Waals surface area contributed by atoms with Crippen molar-refractivity contribution in [2.24, 2.45) is 5.92 Å². The van der Waals surface area contributed by atoms with E-state index in [1.54, 1.807) is 0 Å². The number of likely N-dealkylation sites (tertiary alicyclic amines) is 1. The molecule has 4 rings (SSSR count). The highest BCUT2D eigenvalue weighted by Gasteiger charge is 2.61. The van der Waals surface area contributed by atoms with Crippen molar-refractivity contribution in [3.63, 3.8) is 0 Å². The highest BCUT2D eigenvalue weighted by Crippen LogP contribution is 2.45. The van der Waals surface area contributed by atoms with Crippen molar-refractivity contribution in [3.05, 3.63) is 42.7 Å². The lowest BCUT2D eigenvalue weighted by Crippen LogP contribution is -2.57. The highest BCUT2D eigenvalue weighted by atomic mass is 32.2. The minimum Gasteiger partial charge on any atom is -0.376 e. The largest absolute Gasteiger partial charge is 0.376 e. The van der Waals surface area contributed by atoms with Gasteiger partial charge in [0.1, 0.15) is 17.4 Å². The van der Waals surface area contributed by atoms with Crippen molar-refractivity contribution < 1.29 is 27.2 Å². The normalized spacial score (nSPS) is 26.4. The third-order valence-corrected chi connectivity index (χ3v) is 8.23. The summed E-state index contributed by atoms with van der Waals surface area (Å²) in [5.41, 5.74) is -0.797. The van der Waals surface area contributed by atoms with Crippen molar-refractivity contribution >= 4 is 33.4 Å². The Kier molecular flexibility index (Phi) is 6.17. The van der Waals surface area contributed by atoms with Crippen LogP contribution in [-0.2, 0) is 24.4 Å². The number of carbonyl (C=O) groups excluding carboxylic acids is 3. The van der Waals surface area contributed by atoms with E-state index in [0.717, 1.165) is 0 Å². The lowest BCUT2D eigenvalue weighted by Gasteiger charge is -2.27. The Morgan fingerprint density at radius 1 is 1.18 bits per heavy atom. The number of nitrogens with zero attached hydrogens (tertiary/aromatic N) is 1. The maximum atomic E-state index is 13.1. The van der Waals surface area contributed by atoms with Crippen LogP contribution in [0, 0.1) is 11.7 Å². The molecule has 178 valence electrons. The summed E-state index contributed by atoms with van der Waals surface area (Å²) in [4.78, 5) is 40.1. The molecule has 2 saturated carbocycles. The van der Waals surface area contributed by atoms with Gasteiger partial charge in [0.15, 0.2) is 0 Å². The van der Waals surface area contributed by atoms with Gasteiger partial charge in [0.25, 0.3) is 5.91 Å². The van der Waals surface area contributed by atoms with Gasteiger partial charge in [0, 0.05) is 18.2 Å². The van der Waals surface area contributed by atoms with Crippen LogP contribution in [0.25, 0.3) is 0 Å². The number of amides is 3. The number of benzene rings is 1. The monoisotopic (exact) mass is 478 g/mol. The summed E-state index contributed by atoms with van der Waals surface area (Å²) < 4.78 is 39.6. The molecule has 1 heterocycles. The maximum absolute atomic E-state index is 13.1. The van der Waals surface area contributed by atoms with Crippen LogP contribution in [0.15, 0.2) is 36.9 Å². The number of sulfonamides is 1. The average molecular weight is 479 g/mol. The fourth-order valence-electron chi connectivity index (χ4n) is 4.20. The summed E-state index contributed by atoms with van der Waals surface area (Å²) >= 11 is 0. The van der Waals surface area contributed by atoms with Crippen molar-refractivity contribution in [2.75, 3.05) is 18.4 Å². The Bertz CT molecular complexity index is 1070. The molecule has 11 heteroatoms. The van der Waals surface area contributed by atoms with Crippen LogP contribution < -0.4 is 15.4 Å². The predicted molar refractivity (Wildman–Crippen MR) is 119 cm³/mol. The van der Waals surface area contributed by atoms with Crippen molar-refractivity contribution in [3.8, 4) is 0 Å². The molecule has 33 heavy (non-hydrogen) atoms. The number of rotatable bonds is 9. The van der Waals surface area contributed by atoms with Gasteiger partial charge in [-0.3, -0.25) is 19.1 Å². The summed E-state index contributed by atoms with van der Waals surface area (Å²) in [5.74, 6) is -2.33. The van der Waals surface area contributed by atoms with Gasteiger partial charge in [-0.1, -0.05) is 6.08 Å². The summed E-state index contributed by atoms with van der Waals surface area (Å²) in [5, 5.41) is 5.06. The van der Waals surface area contributed by atoms with Gasteiger partial charge in [0.2, 0.25) is 21.8 Å². The van der Waals surface area contributed by atoms with E-state index < -0.39 is 38.7 Å². The lowest BCUT2D eigenvalue weighted by atomic mass is 10.1. The Hall–Kier alpha value is -2.95. The SMILES string of the molecule is C=CC1CC1(NC(=O)C1CCCN1C(=O)CNc1ccc(F)cc1)C(=O)NS(=O)(=O)C1CC1. The Labute approximate surface area is 191 Å². The molecule has 1 aromatic carbocycles. The molecule has 0 spiro atoms. The molecule has 1 aliphatic heterocycles. The third kappa shape index (κ3) is 4.87. The zero-order valence-electron chi connectivity index (χ0n) is 18.1. The molecule has 3 aliphatic rings. The van der Waals surface area contributed by atoms with Gasteiger partial charge in [-0.05, 0) is 56.4 Å². The van der Waals surface area contributed by atoms with Gasteiger partial charge < -0.3 is 15.5 Å². The Morgan fingerprint density at radius 2 is 1.88 bits per heavy atom. The Balaban J connectivity index is 1.39. The zero-order valence-corrected chi connectivity index (χ0v) is 18.9. The molecule has 3 unspecified atom stereocenters. The number of anilines is 1. The molecule has 3 N–H and O–H groups in total. The second-order valence-electron chi connectivity index (χ2n) is 8.79. The van der Waals surface area contributed by atoms with E-state index in [9.17, 15) is 27.2 Å².